The maximum absolute atomic E-state index is 8.89. The van der Waals surface area contributed by atoms with Crippen LogP contribution in [0.25, 0.3) is 0 Å². The molecule has 0 fully saturated rings. The Labute approximate surface area is 84.9 Å². The number of carbonyl (C=O) groups is 2. The molecule has 0 unspecified atom stereocenters. The second-order valence-electron chi connectivity index (χ2n) is 0.983. The molecular formula is C4H6GdO4. The molecule has 54 valence electrons. The molecule has 0 saturated carbocycles. The van der Waals surface area contributed by atoms with E-state index >= 15 is 0 Å². The van der Waals surface area contributed by atoms with Crippen molar-refractivity contribution >= 4 is 11.9 Å². The molecule has 0 aliphatic rings. The fraction of sp³-hybridized carbons (Fsp3) is 0.500. The Morgan fingerprint density at radius 2 is 1.00 bits per heavy atom. The third-order valence-electron chi connectivity index (χ3n) is 0. The summed E-state index contributed by atoms with van der Waals surface area (Å²) in [5.41, 5.74) is 0. The second-order valence-corrected chi connectivity index (χ2v) is 0.983. The quantitative estimate of drug-likeness (QED) is 0.490. The average molecular weight is 275 g/mol. The molecule has 0 bridgehead atoms. The number of aliphatic carboxylic acids is 2. The summed E-state index contributed by atoms with van der Waals surface area (Å²) in [7, 11) is 0. The first-order chi connectivity index (χ1) is 3.46. The number of carbonyl (C=O) groups excluding carboxylic acids is 2. The van der Waals surface area contributed by atoms with Gasteiger partial charge in [0.05, 0.1) is 0 Å². The fourth-order valence-corrected chi connectivity index (χ4v) is 0. The predicted molar refractivity (Wildman–Crippen MR) is 21.4 cm³/mol. The summed E-state index contributed by atoms with van der Waals surface area (Å²) in [6.07, 6.45) is 0. The van der Waals surface area contributed by atoms with Gasteiger partial charge in [-0.05, 0) is 13.8 Å². The number of hydrogen-bond donors (Lipinski definition) is 0. The molecule has 0 aromatic heterocycles. The van der Waals surface area contributed by atoms with E-state index in [0.717, 1.165) is 13.8 Å². The van der Waals surface area contributed by atoms with Crippen molar-refractivity contribution in [3.05, 3.63) is 0 Å². The van der Waals surface area contributed by atoms with E-state index in [1.165, 1.54) is 0 Å². The van der Waals surface area contributed by atoms with Crippen LogP contribution in [0.4, 0.5) is 0 Å². The van der Waals surface area contributed by atoms with Crippen molar-refractivity contribution < 1.29 is 59.7 Å². The van der Waals surface area contributed by atoms with Gasteiger partial charge in [0.2, 0.25) is 0 Å². The molecule has 4 nitrogen and oxygen atoms in total. The third-order valence-corrected chi connectivity index (χ3v) is 0. The topological polar surface area (TPSA) is 80.3 Å². The maximum atomic E-state index is 8.89. The van der Waals surface area contributed by atoms with Gasteiger partial charge in [-0.1, -0.05) is 0 Å². The first kappa shape index (κ1) is 16.1. The molecule has 0 saturated heterocycles. The van der Waals surface area contributed by atoms with E-state index in [4.69, 9.17) is 19.8 Å². The molecule has 9 heavy (non-hydrogen) atoms. The van der Waals surface area contributed by atoms with E-state index in [1.807, 2.05) is 0 Å². The van der Waals surface area contributed by atoms with Crippen LogP contribution in [0.3, 0.4) is 0 Å². The Bertz CT molecular complexity index is 70.6. The van der Waals surface area contributed by atoms with Gasteiger partial charge in [-0.3, -0.25) is 0 Å². The summed E-state index contributed by atoms with van der Waals surface area (Å²) < 4.78 is 0. The average Bonchev–Trinajstić information content (AvgIpc) is 1.25. The van der Waals surface area contributed by atoms with Gasteiger partial charge in [0.15, 0.2) is 0 Å². The number of hydrogen-bond acceptors (Lipinski definition) is 4. The van der Waals surface area contributed by atoms with E-state index in [-0.39, 0.29) is 39.9 Å². The molecule has 0 rings (SSSR count). The van der Waals surface area contributed by atoms with Crippen LogP contribution in [-0.4, -0.2) is 11.9 Å². The molecule has 0 aliphatic heterocycles. The van der Waals surface area contributed by atoms with Crippen LogP contribution in [0.1, 0.15) is 13.8 Å². The minimum absolute atomic E-state index is 0. The van der Waals surface area contributed by atoms with Crippen LogP contribution in [-0.2, 0) is 9.59 Å². The maximum Gasteiger partial charge on any atom is 2.00 e. The van der Waals surface area contributed by atoms with Crippen molar-refractivity contribution in [2.75, 3.05) is 0 Å². The minimum atomic E-state index is -1.08. The van der Waals surface area contributed by atoms with Gasteiger partial charge in [0.25, 0.3) is 0 Å². The van der Waals surface area contributed by atoms with E-state index in [9.17, 15) is 0 Å². The Balaban J connectivity index is -0.0000000720. The van der Waals surface area contributed by atoms with E-state index < -0.39 is 11.9 Å². The minimum Gasteiger partial charge on any atom is -0.550 e. The van der Waals surface area contributed by atoms with Crippen LogP contribution in [0, 0.1) is 39.9 Å². The molecule has 0 aromatic rings. The first-order valence-corrected chi connectivity index (χ1v) is 1.82. The fourth-order valence-electron chi connectivity index (χ4n) is 0. The van der Waals surface area contributed by atoms with Crippen molar-refractivity contribution in [3.8, 4) is 0 Å². The van der Waals surface area contributed by atoms with Crippen LogP contribution >= 0.6 is 0 Å². The van der Waals surface area contributed by atoms with Gasteiger partial charge in [-0.25, -0.2) is 0 Å². The van der Waals surface area contributed by atoms with Gasteiger partial charge >= 0.3 is 39.9 Å². The summed E-state index contributed by atoms with van der Waals surface area (Å²) >= 11 is 0. The van der Waals surface area contributed by atoms with Crippen molar-refractivity contribution in [2.24, 2.45) is 0 Å². The molecule has 0 atom stereocenters. The van der Waals surface area contributed by atoms with Gasteiger partial charge < -0.3 is 19.8 Å². The summed E-state index contributed by atoms with van der Waals surface area (Å²) in [5, 5.41) is 17.8. The zero-order valence-electron chi connectivity index (χ0n) is 4.99. The molecule has 0 spiro atoms. The molecule has 0 radical (unpaired) electrons. The zero-order valence-corrected chi connectivity index (χ0v) is 7.26. The van der Waals surface area contributed by atoms with Crippen LogP contribution in [0.5, 0.6) is 0 Å². The zero-order chi connectivity index (χ0) is 7.15. The normalized spacial score (nSPS) is 5.56. The molecule has 0 aromatic carbocycles. The number of rotatable bonds is 0. The van der Waals surface area contributed by atoms with E-state index in [2.05, 4.69) is 0 Å². The van der Waals surface area contributed by atoms with Crippen LogP contribution in [0.2, 0.25) is 0 Å². The number of carboxylic acids is 2. The van der Waals surface area contributed by atoms with Gasteiger partial charge in [0.1, 0.15) is 0 Å². The monoisotopic (exact) mass is 276 g/mol. The summed E-state index contributed by atoms with van der Waals surface area (Å²) in [4.78, 5) is 17.8. The van der Waals surface area contributed by atoms with Crippen molar-refractivity contribution in [1.29, 1.82) is 0 Å². The number of carboxylic acid groups (broad SMARTS) is 2. The molecule has 5 heteroatoms. The Morgan fingerprint density at radius 3 is 1.00 bits per heavy atom. The van der Waals surface area contributed by atoms with Crippen LogP contribution < -0.4 is 10.2 Å². The van der Waals surface area contributed by atoms with Gasteiger partial charge in [-0.15, -0.1) is 0 Å². The SMILES string of the molecule is CC(=O)[O-].CC(=O)[O-].[Gd+2]. The third kappa shape index (κ3) is 4630. The van der Waals surface area contributed by atoms with E-state index in [0.29, 0.717) is 0 Å². The summed E-state index contributed by atoms with van der Waals surface area (Å²) in [5.74, 6) is -2.17. The Morgan fingerprint density at radius 1 is 1.00 bits per heavy atom. The first-order valence-electron chi connectivity index (χ1n) is 1.82. The smallest absolute Gasteiger partial charge is 0.550 e. The molecule has 0 amide bonds. The molecule has 0 heterocycles. The summed E-state index contributed by atoms with van der Waals surface area (Å²) in [6, 6.07) is 0. The standard InChI is InChI=1S/2C2H4O2.Gd/c2*1-2(3)4;/h2*1H3,(H,3,4);/q;;+2/p-2. The van der Waals surface area contributed by atoms with Crippen molar-refractivity contribution in [1.82, 2.24) is 0 Å². The Hall–Kier alpha value is 0.265. The second kappa shape index (κ2) is 11.1. The van der Waals surface area contributed by atoms with Gasteiger partial charge in [0, 0.05) is 11.9 Å². The molecule has 0 N–H and O–H groups in total. The predicted octanol–water partition coefficient (Wildman–Crippen LogP) is -2.49. The van der Waals surface area contributed by atoms with E-state index in [1.54, 1.807) is 0 Å². The van der Waals surface area contributed by atoms with Crippen molar-refractivity contribution in [3.63, 3.8) is 0 Å². The van der Waals surface area contributed by atoms with Crippen LogP contribution in [0.15, 0.2) is 0 Å². The van der Waals surface area contributed by atoms with Gasteiger partial charge in [-0.2, -0.15) is 0 Å². The molecular weight excluding hydrogens is 269 g/mol. The van der Waals surface area contributed by atoms with Crippen molar-refractivity contribution in [2.45, 2.75) is 13.8 Å². The summed E-state index contributed by atoms with van der Waals surface area (Å²) in [6.45, 7) is 1.94. The Kier molecular flexibility index (Phi) is 19.9. The molecule has 0 aliphatic carbocycles. The largest absolute Gasteiger partial charge is 2.00 e.